The lowest BCUT2D eigenvalue weighted by molar-refractivity contribution is -0.384. The molecule has 1 saturated heterocycles. The molecule has 1 N–H and O–H groups in total. The fourth-order valence-electron chi connectivity index (χ4n) is 2.08. The fraction of sp³-hybridized carbons (Fsp3) is 0.133. The molecule has 24 heavy (non-hydrogen) atoms. The van der Waals surface area contributed by atoms with Crippen LogP contribution in [0.4, 0.5) is 5.69 Å². The number of nitrogens with zero attached hydrogens (tertiary/aromatic N) is 2. The smallest absolute Gasteiger partial charge is 0.273 e. The number of ether oxygens (including phenoxy) is 1. The second-order valence-electron chi connectivity index (χ2n) is 4.71. The predicted molar refractivity (Wildman–Crippen MR) is 90.3 cm³/mol. The van der Waals surface area contributed by atoms with E-state index in [0.29, 0.717) is 5.56 Å². The Labute approximate surface area is 142 Å². The van der Waals surface area contributed by atoms with Gasteiger partial charge in [-0.05, 0) is 24.4 Å². The zero-order valence-corrected chi connectivity index (χ0v) is 13.5. The van der Waals surface area contributed by atoms with Crippen molar-refractivity contribution < 1.29 is 19.2 Å². The second-order valence-corrected chi connectivity index (χ2v) is 5.09. The third-order valence-corrected chi connectivity index (χ3v) is 3.55. The third-order valence-electron chi connectivity index (χ3n) is 3.23. The molecule has 2 rings (SSSR count). The molecule has 0 saturated carbocycles. The first-order valence-electron chi connectivity index (χ1n) is 6.71. The summed E-state index contributed by atoms with van der Waals surface area (Å²) in [5.41, 5.74) is 0.0356. The summed E-state index contributed by atoms with van der Waals surface area (Å²) in [5, 5.41) is 13.2. The Hall–Kier alpha value is -3.07. The van der Waals surface area contributed by atoms with E-state index < -0.39 is 16.7 Å². The molecule has 1 heterocycles. The summed E-state index contributed by atoms with van der Waals surface area (Å²) in [6, 6.07) is 3.87. The minimum absolute atomic E-state index is 0.00212. The normalized spacial score (nSPS) is 16.1. The predicted octanol–water partition coefficient (Wildman–Crippen LogP) is 1.42. The van der Waals surface area contributed by atoms with Crippen molar-refractivity contribution in [2.24, 2.45) is 0 Å². The number of carbonyl (C=O) groups is 2. The van der Waals surface area contributed by atoms with Crippen LogP contribution in [0.5, 0.6) is 5.75 Å². The summed E-state index contributed by atoms with van der Waals surface area (Å²) in [6.07, 6.45) is 2.78. The Morgan fingerprint density at radius 2 is 2.17 bits per heavy atom. The quantitative estimate of drug-likeness (QED) is 0.216. The monoisotopic (exact) mass is 347 g/mol. The minimum atomic E-state index is -0.647. The van der Waals surface area contributed by atoms with E-state index in [0.717, 1.165) is 0 Å². The van der Waals surface area contributed by atoms with Crippen molar-refractivity contribution in [2.45, 2.75) is 0 Å². The molecule has 124 valence electrons. The highest BCUT2D eigenvalue weighted by molar-refractivity contribution is 7.80. The largest absolute Gasteiger partial charge is 0.496 e. The summed E-state index contributed by atoms with van der Waals surface area (Å²) in [5.74, 6) is -1.06. The van der Waals surface area contributed by atoms with Gasteiger partial charge < -0.3 is 4.74 Å². The molecule has 0 aliphatic carbocycles. The van der Waals surface area contributed by atoms with Crippen LogP contribution in [0.3, 0.4) is 0 Å². The highest BCUT2D eigenvalue weighted by Crippen LogP contribution is 2.27. The first-order valence-corrected chi connectivity index (χ1v) is 7.12. The molecule has 1 aliphatic heterocycles. The molecule has 1 aliphatic rings. The third kappa shape index (κ3) is 3.30. The lowest BCUT2D eigenvalue weighted by Gasteiger charge is -2.27. The van der Waals surface area contributed by atoms with Gasteiger partial charge in [-0.15, -0.1) is 6.58 Å². The van der Waals surface area contributed by atoms with Gasteiger partial charge in [0.2, 0.25) is 0 Å². The molecule has 0 unspecified atom stereocenters. The number of nitro benzene ring substituents is 1. The van der Waals surface area contributed by atoms with Gasteiger partial charge in [-0.2, -0.15) is 0 Å². The molecule has 0 spiro atoms. The molecule has 9 heteroatoms. The highest BCUT2D eigenvalue weighted by atomic mass is 32.1. The molecule has 0 aromatic heterocycles. The van der Waals surface area contributed by atoms with E-state index in [1.165, 1.54) is 42.4 Å². The van der Waals surface area contributed by atoms with Crippen LogP contribution in [0.25, 0.3) is 6.08 Å². The first-order chi connectivity index (χ1) is 11.4. The fourth-order valence-corrected chi connectivity index (χ4v) is 2.33. The van der Waals surface area contributed by atoms with Crippen molar-refractivity contribution in [3.63, 3.8) is 0 Å². The zero-order chi connectivity index (χ0) is 17.9. The average Bonchev–Trinajstić information content (AvgIpc) is 2.55. The lowest BCUT2D eigenvalue weighted by Crippen LogP contribution is -2.53. The molecule has 0 atom stereocenters. The molecule has 1 aromatic carbocycles. The second kappa shape index (κ2) is 7.01. The van der Waals surface area contributed by atoms with Crippen molar-refractivity contribution in [1.29, 1.82) is 0 Å². The number of nitro groups is 1. The number of thiocarbonyl (C=S) groups is 1. The van der Waals surface area contributed by atoms with Crippen LogP contribution < -0.4 is 10.1 Å². The van der Waals surface area contributed by atoms with Crippen LogP contribution in [0.1, 0.15) is 5.56 Å². The van der Waals surface area contributed by atoms with Crippen molar-refractivity contribution in [3.8, 4) is 5.75 Å². The van der Waals surface area contributed by atoms with Crippen LogP contribution in [0.15, 0.2) is 36.4 Å². The van der Waals surface area contributed by atoms with Crippen LogP contribution >= 0.6 is 12.2 Å². The van der Waals surface area contributed by atoms with Crippen LogP contribution in [0.2, 0.25) is 0 Å². The number of rotatable bonds is 5. The van der Waals surface area contributed by atoms with Gasteiger partial charge in [-0.1, -0.05) is 6.08 Å². The van der Waals surface area contributed by atoms with Crippen LogP contribution in [0, 0.1) is 10.1 Å². The lowest BCUT2D eigenvalue weighted by atomic mass is 10.1. The van der Waals surface area contributed by atoms with Crippen molar-refractivity contribution >= 4 is 40.9 Å². The maximum Gasteiger partial charge on any atom is 0.273 e. The average molecular weight is 347 g/mol. The zero-order valence-electron chi connectivity index (χ0n) is 12.6. The Bertz CT molecular complexity index is 787. The number of methoxy groups -OCH3 is 1. The van der Waals surface area contributed by atoms with Crippen molar-refractivity contribution in [1.82, 2.24) is 10.2 Å². The van der Waals surface area contributed by atoms with Gasteiger partial charge in [0.25, 0.3) is 17.5 Å². The number of nitrogens with one attached hydrogen (secondary N) is 1. The van der Waals surface area contributed by atoms with Crippen molar-refractivity contribution in [3.05, 3.63) is 52.1 Å². The SMILES string of the molecule is C=CCN1C(=O)C(=Cc2ccc([N+](=O)[O-])cc2OC)C(=O)NC1=S. The summed E-state index contributed by atoms with van der Waals surface area (Å²) in [7, 11) is 1.34. The van der Waals surface area contributed by atoms with Crippen LogP contribution in [-0.2, 0) is 9.59 Å². The topological polar surface area (TPSA) is 102 Å². The van der Waals surface area contributed by atoms with E-state index in [9.17, 15) is 19.7 Å². The summed E-state index contributed by atoms with van der Waals surface area (Å²) >= 11 is 4.96. The first kappa shape index (κ1) is 17.3. The number of hydrogen-bond donors (Lipinski definition) is 1. The van der Waals surface area contributed by atoms with Gasteiger partial charge in [-0.3, -0.25) is 29.9 Å². The minimum Gasteiger partial charge on any atom is -0.496 e. The van der Waals surface area contributed by atoms with Gasteiger partial charge in [0.15, 0.2) is 5.11 Å². The summed E-state index contributed by atoms with van der Waals surface area (Å²) < 4.78 is 5.10. The number of non-ortho nitro benzene ring substituents is 1. The van der Waals surface area contributed by atoms with Gasteiger partial charge in [0.1, 0.15) is 11.3 Å². The van der Waals surface area contributed by atoms with E-state index in [-0.39, 0.29) is 28.7 Å². The van der Waals surface area contributed by atoms with E-state index in [4.69, 9.17) is 17.0 Å². The molecule has 8 nitrogen and oxygen atoms in total. The summed E-state index contributed by atoms with van der Waals surface area (Å²) in [6.45, 7) is 3.68. The van der Waals surface area contributed by atoms with E-state index in [1.54, 1.807) is 0 Å². The maximum absolute atomic E-state index is 12.4. The van der Waals surface area contributed by atoms with Gasteiger partial charge in [0, 0.05) is 18.2 Å². The Morgan fingerprint density at radius 1 is 1.46 bits per heavy atom. The Kier molecular flexibility index (Phi) is 5.05. The molecular formula is C15H13N3O5S. The molecule has 0 radical (unpaired) electrons. The Balaban J connectivity index is 2.47. The van der Waals surface area contributed by atoms with Crippen LogP contribution in [-0.4, -0.2) is 40.4 Å². The molecule has 1 fully saturated rings. The molecule has 2 amide bonds. The standard InChI is InChI=1S/C15H13N3O5S/c1-3-6-17-14(20)11(13(19)16-15(17)24)7-9-4-5-10(18(21)22)8-12(9)23-2/h3-5,7-8H,1,6H2,2H3,(H,16,19,24). The number of hydrogen-bond acceptors (Lipinski definition) is 6. The van der Waals surface area contributed by atoms with Gasteiger partial charge in [0.05, 0.1) is 18.1 Å². The summed E-state index contributed by atoms with van der Waals surface area (Å²) in [4.78, 5) is 35.9. The highest BCUT2D eigenvalue weighted by Gasteiger charge is 2.32. The Morgan fingerprint density at radius 3 is 2.75 bits per heavy atom. The molecule has 0 bridgehead atoms. The van der Waals surface area contributed by atoms with E-state index in [1.807, 2.05) is 0 Å². The van der Waals surface area contributed by atoms with E-state index >= 15 is 0 Å². The van der Waals surface area contributed by atoms with Gasteiger partial charge >= 0.3 is 0 Å². The van der Waals surface area contributed by atoms with Crippen molar-refractivity contribution in [2.75, 3.05) is 13.7 Å². The number of amides is 2. The van der Waals surface area contributed by atoms with Gasteiger partial charge in [-0.25, -0.2) is 0 Å². The number of benzene rings is 1. The maximum atomic E-state index is 12.4. The van der Waals surface area contributed by atoms with E-state index in [2.05, 4.69) is 11.9 Å². The number of carbonyl (C=O) groups excluding carboxylic acids is 2. The molecular weight excluding hydrogens is 334 g/mol. The molecule has 1 aromatic rings.